The number of carbonyl (C=O) groups excluding carboxylic acids is 1. The Morgan fingerprint density at radius 3 is 2.54 bits per heavy atom. The summed E-state index contributed by atoms with van der Waals surface area (Å²) < 4.78 is 33.0. The number of hydrogen-bond acceptors (Lipinski definition) is 4. The lowest BCUT2D eigenvalue weighted by Gasteiger charge is -2.06. The van der Waals surface area contributed by atoms with Gasteiger partial charge in [-0.15, -0.1) is 0 Å². The van der Waals surface area contributed by atoms with E-state index in [1.54, 1.807) is 42.5 Å². The molecular weight excluding hydrogens is 444 g/mol. The van der Waals surface area contributed by atoms with Crippen LogP contribution in [0.15, 0.2) is 86.8 Å². The van der Waals surface area contributed by atoms with Gasteiger partial charge in [0, 0.05) is 16.2 Å². The van der Waals surface area contributed by atoms with Crippen LogP contribution in [-0.4, -0.2) is 14.3 Å². The molecule has 0 unspecified atom stereocenters. The third-order valence-electron chi connectivity index (χ3n) is 3.73. The van der Waals surface area contributed by atoms with Crippen molar-refractivity contribution in [3.8, 4) is 0 Å². The SMILES string of the molecule is O=C(/C=C/c1ccc(S(=O)(=O)NCc2ccco2)cc1)Nc1cccc(Br)c1. The van der Waals surface area contributed by atoms with Crippen molar-refractivity contribution in [2.24, 2.45) is 0 Å². The van der Waals surface area contributed by atoms with Crippen LogP contribution in [0, 0.1) is 0 Å². The summed E-state index contributed by atoms with van der Waals surface area (Å²) in [5.74, 6) is 0.245. The molecule has 0 bridgehead atoms. The molecule has 0 fully saturated rings. The molecule has 2 N–H and O–H groups in total. The number of rotatable bonds is 7. The molecule has 0 aliphatic carbocycles. The monoisotopic (exact) mass is 460 g/mol. The first-order chi connectivity index (χ1) is 13.4. The fourth-order valence-corrected chi connectivity index (χ4v) is 3.74. The minimum atomic E-state index is -3.65. The largest absolute Gasteiger partial charge is 0.468 e. The number of halogens is 1. The molecule has 0 spiro atoms. The first-order valence-electron chi connectivity index (χ1n) is 8.29. The van der Waals surface area contributed by atoms with Crippen molar-refractivity contribution < 1.29 is 17.6 Å². The molecule has 0 saturated heterocycles. The average Bonchev–Trinajstić information content (AvgIpc) is 3.19. The molecule has 2 aromatic carbocycles. The zero-order chi connectivity index (χ0) is 20.0. The van der Waals surface area contributed by atoms with Gasteiger partial charge in [-0.2, -0.15) is 0 Å². The Labute approximate surface area is 171 Å². The van der Waals surface area contributed by atoms with Crippen molar-refractivity contribution in [3.05, 3.63) is 88.8 Å². The number of nitrogens with one attached hydrogen (secondary N) is 2. The van der Waals surface area contributed by atoms with Crippen LogP contribution in [0.2, 0.25) is 0 Å². The lowest BCUT2D eigenvalue weighted by Crippen LogP contribution is -2.22. The fraction of sp³-hybridized carbons (Fsp3) is 0.0500. The highest BCUT2D eigenvalue weighted by Gasteiger charge is 2.13. The summed E-state index contributed by atoms with van der Waals surface area (Å²) >= 11 is 3.34. The molecule has 0 aliphatic heterocycles. The van der Waals surface area contributed by atoms with Crippen molar-refractivity contribution in [1.29, 1.82) is 0 Å². The molecule has 1 heterocycles. The smallest absolute Gasteiger partial charge is 0.248 e. The summed E-state index contributed by atoms with van der Waals surface area (Å²) in [7, 11) is -3.65. The highest BCUT2D eigenvalue weighted by Crippen LogP contribution is 2.16. The number of amides is 1. The Morgan fingerprint density at radius 2 is 1.86 bits per heavy atom. The van der Waals surface area contributed by atoms with Crippen molar-refractivity contribution in [1.82, 2.24) is 4.72 Å². The highest BCUT2D eigenvalue weighted by molar-refractivity contribution is 9.10. The second-order valence-corrected chi connectivity index (χ2v) is 8.49. The maximum absolute atomic E-state index is 12.3. The molecule has 6 nitrogen and oxygen atoms in total. The van der Waals surface area contributed by atoms with Crippen molar-refractivity contribution >= 4 is 43.6 Å². The molecule has 144 valence electrons. The molecule has 0 atom stereocenters. The van der Waals surface area contributed by atoms with E-state index in [0.29, 0.717) is 17.0 Å². The molecule has 28 heavy (non-hydrogen) atoms. The second kappa shape index (κ2) is 9.01. The summed E-state index contributed by atoms with van der Waals surface area (Å²) in [5, 5.41) is 2.75. The number of benzene rings is 2. The molecule has 0 radical (unpaired) electrons. The third kappa shape index (κ3) is 5.66. The molecule has 0 saturated carbocycles. The van der Waals surface area contributed by atoms with Crippen LogP contribution in [0.5, 0.6) is 0 Å². The maximum atomic E-state index is 12.3. The molecule has 1 amide bonds. The zero-order valence-electron chi connectivity index (χ0n) is 14.6. The quantitative estimate of drug-likeness (QED) is 0.517. The van der Waals surface area contributed by atoms with Gasteiger partial charge in [0.25, 0.3) is 0 Å². The van der Waals surface area contributed by atoms with E-state index in [1.807, 2.05) is 12.1 Å². The zero-order valence-corrected chi connectivity index (χ0v) is 17.0. The topological polar surface area (TPSA) is 88.4 Å². The van der Waals surface area contributed by atoms with E-state index in [9.17, 15) is 13.2 Å². The third-order valence-corrected chi connectivity index (χ3v) is 5.64. The van der Waals surface area contributed by atoms with E-state index in [2.05, 4.69) is 26.0 Å². The Morgan fingerprint density at radius 1 is 1.07 bits per heavy atom. The normalized spacial score (nSPS) is 11.6. The molecule has 1 aromatic heterocycles. The molecule has 3 aromatic rings. The van der Waals surface area contributed by atoms with Crippen LogP contribution in [0.1, 0.15) is 11.3 Å². The summed E-state index contributed by atoms with van der Waals surface area (Å²) in [5.41, 5.74) is 1.38. The van der Waals surface area contributed by atoms with Crippen LogP contribution >= 0.6 is 15.9 Å². The first-order valence-corrected chi connectivity index (χ1v) is 10.6. The van der Waals surface area contributed by atoms with Crippen LogP contribution in [0.4, 0.5) is 5.69 Å². The summed E-state index contributed by atoms with van der Waals surface area (Å²) in [6.45, 7) is 0.0761. The first kappa shape index (κ1) is 20.1. The van der Waals surface area contributed by atoms with E-state index in [-0.39, 0.29) is 17.3 Å². The Hall–Kier alpha value is -2.68. The Balaban J connectivity index is 1.60. The predicted octanol–water partition coefficient (Wildman–Crippen LogP) is 4.17. The maximum Gasteiger partial charge on any atom is 0.248 e. The number of hydrogen-bond donors (Lipinski definition) is 2. The predicted molar refractivity (Wildman–Crippen MR) is 111 cm³/mol. The highest BCUT2D eigenvalue weighted by atomic mass is 79.9. The molecular formula is C20H17BrN2O4S. The lowest BCUT2D eigenvalue weighted by molar-refractivity contribution is -0.111. The van der Waals surface area contributed by atoms with Crippen LogP contribution in [0.25, 0.3) is 6.08 Å². The fourth-order valence-electron chi connectivity index (χ4n) is 2.34. The minimum absolute atomic E-state index is 0.0761. The summed E-state index contributed by atoms with van der Waals surface area (Å²) in [6, 6.07) is 16.9. The van der Waals surface area contributed by atoms with Crippen molar-refractivity contribution in [2.75, 3.05) is 5.32 Å². The van der Waals surface area contributed by atoms with Gasteiger partial charge in [-0.05, 0) is 54.1 Å². The van der Waals surface area contributed by atoms with Gasteiger partial charge in [-0.25, -0.2) is 13.1 Å². The number of carbonyl (C=O) groups is 1. The molecule has 3 rings (SSSR count). The van der Waals surface area contributed by atoms with E-state index in [4.69, 9.17) is 4.42 Å². The van der Waals surface area contributed by atoms with E-state index < -0.39 is 10.0 Å². The van der Waals surface area contributed by atoms with Crippen molar-refractivity contribution in [3.63, 3.8) is 0 Å². The lowest BCUT2D eigenvalue weighted by atomic mass is 10.2. The van der Waals surface area contributed by atoms with Crippen LogP contribution in [-0.2, 0) is 21.4 Å². The minimum Gasteiger partial charge on any atom is -0.468 e. The van der Waals surface area contributed by atoms with Crippen LogP contribution < -0.4 is 10.0 Å². The Kier molecular flexibility index (Phi) is 6.45. The number of furan rings is 1. The molecule has 8 heteroatoms. The van der Waals surface area contributed by atoms with Gasteiger partial charge in [-0.3, -0.25) is 4.79 Å². The number of anilines is 1. The average molecular weight is 461 g/mol. The van der Waals surface area contributed by atoms with Gasteiger partial charge < -0.3 is 9.73 Å². The van der Waals surface area contributed by atoms with Crippen LogP contribution in [0.3, 0.4) is 0 Å². The van der Waals surface area contributed by atoms with E-state index in [1.165, 1.54) is 24.5 Å². The molecule has 0 aliphatic rings. The number of sulfonamides is 1. The van der Waals surface area contributed by atoms with Gasteiger partial charge >= 0.3 is 0 Å². The van der Waals surface area contributed by atoms with Gasteiger partial charge in [-0.1, -0.05) is 34.1 Å². The summed E-state index contributed by atoms with van der Waals surface area (Å²) in [6.07, 6.45) is 4.48. The van der Waals surface area contributed by atoms with Gasteiger partial charge in [0.2, 0.25) is 15.9 Å². The van der Waals surface area contributed by atoms with Gasteiger partial charge in [0.1, 0.15) is 5.76 Å². The van der Waals surface area contributed by atoms with E-state index in [0.717, 1.165) is 4.47 Å². The Bertz CT molecular complexity index is 1080. The second-order valence-electron chi connectivity index (χ2n) is 5.81. The van der Waals surface area contributed by atoms with Crippen molar-refractivity contribution in [2.45, 2.75) is 11.4 Å². The summed E-state index contributed by atoms with van der Waals surface area (Å²) in [4.78, 5) is 12.1. The van der Waals surface area contributed by atoms with E-state index >= 15 is 0 Å². The van der Waals surface area contributed by atoms with Gasteiger partial charge in [0.15, 0.2) is 0 Å². The van der Waals surface area contributed by atoms with Gasteiger partial charge in [0.05, 0.1) is 17.7 Å². The standard InChI is InChI=1S/C20H17BrN2O4S/c21-16-3-1-4-17(13-16)23-20(24)11-8-15-6-9-19(10-7-15)28(25,26)22-14-18-5-2-12-27-18/h1-13,22H,14H2,(H,23,24)/b11-8+.